The van der Waals surface area contributed by atoms with Crippen molar-refractivity contribution in [3.63, 3.8) is 0 Å². The molecule has 2 unspecified atom stereocenters. The topological polar surface area (TPSA) is 36.6 Å². The van der Waals surface area contributed by atoms with Gasteiger partial charge < -0.3 is 9.52 Å². The molecule has 4 bridgehead atoms. The molecule has 3 heteroatoms. The van der Waals surface area contributed by atoms with Gasteiger partial charge in [-0.3, -0.25) is 4.90 Å². The molecule has 122 valence electrons. The first kappa shape index (κ1) is 13.9. The molecular weight excluding hydrogens is 286 g/mol. The summed E-state index contributed by atoms with van der Waals surface area (Å²) in [4.78, 5) is 2.82. The van der Waals surface area contributed by atoms with E-state index in [2.05, 4.69) is 11.8 Å². The lowest BCUT2D eigenvalue weighted by Crippen LogP contribution is -2.55. The molecule has 4 aliphatic rings. The van der Waals surface area contributed by atoms with Crippen LogP contribution in [0.1, 0.15) is 56.3 Å². The van der Waals surface area contributed by atoms with Crippen molar-refractivity contribution < 1.29 is 9.52 Å². The molecule has 1 aliphatic carbocycles. The highest BCUT2D eigenvalue weighted by molar-refractivity contribution is 5.84. The number of benzene rings is 1. The molecule has 1 aromatic heterocycles. The molecule has 1 N–H and O–H groups in total. The lowest BCUT2D eigenvalue weighted by Gasteiger charge is -2.51. The minimum atomic E-state index is 0.349. The largest absolute Gasteiger partial charge is 0.508 e. The van der Waals surface area contributed by atoms with Crippen molar-refractivity contribution in [1.29, 1.82) is 0 Å². The lowest BCUT2D eigenvalue weighted by molar-refractivity contribution is -0.00332. The van der Waals surface area contributed by atoms with Crippen LogP contribution in [0.2, 0.25) is 0 Å². The number of piperidine rings is 2. The highest BCUT2D eigenvalue weighted by Gasteiger charge is 2.48. The lowest BCUT2D eigenvalue weighted by atomic mass is 9.71. The van der Waals surface area contributed by atoms with E-state index >= 15 is 0 Å². The number of phenolic OH excluding ortho intramolecular Hbond substituents is 1. The number of furan rings is 1. The fourth-order valence-corrected chi connectivity index (χ4v) is 5.56. The molecule has 3 fully saturated rings. The number of fused-ring (bicyclic) bond motifs is 4. The second-order valence-corrected chi connectivity index (χ2v) is 7.82. The Morgan fingerprint density at radius 1 is 1.30 bits per heavy atom. The Morgan fingerprint density at radius 2 is 2.22 bits per heavy atom. The summed E-state index contributed by atoms with van der Waals surface area (Å²) in [7, 11) is 0. The normalized spacial score (nSPS) is 35.3. The number of rotatable bonds is 2. The first-order chi connectivity index (χ1) is 11.2. The second-order valence-electron chi connectivity index (χ2n) is 7.82. The van der Waals surface area contributed by atoms with Gasteiger partial charge in [0.15, 0.2) is 0 Å². The zero-order chi connectivity index (χ0) is 15.6. The Morgan fingerprint density at radius 3 is 3.04 bits per heavy atom. The molecule has 6 rings (SSSR count). The highest BCUT2D eigenvalue weighted by Crippen LogP contribution is 2.50. The van der Waals surface area contributed by atoms with Gasteiger partial charge in [0.25, 0.3) is 0 Å². The molecular formula is C20H25NO2. The Balaban J connectivity index is 1.69. The number of hydrogen-bond donors (Lipinski definition) is 1. The van der Waals surface area contributed by atoms with Gasteiger partial charge in [0.1, 0.15) is 17.1 Å². The van der Waals surface area contributed by atoms with E-state index in [-0.39, 0.29) is 0 Å². The molecule has 3 nitrogen and oxygen atoms in total. The van der Waals surface area contributed by atoms with Crippen LogP contribution in [0.5, 0.6) is 5.75 Å². The molecule has 1 saturated carbocycles. The summed E-state index contributed by atoms with van der Waals surface area (Å²) in [6.45, 7) is 3.59. The average molecular weight is 311 g/mol. The van der Waals surface area contributed by atoms with Crippen LogP contribution in [-0.4, -0.2) is 28.6 Å². The monoisotopic (exact) mass is 311 g/mol. The Kier molecular flexibility index (Phi) is 3.03. The zero-order valence-electron chi connectivity index (χ0n) is 13.8. The van der Waals surface area contributed by atoms with Gasteiger partial charge in [-0.1, -0.05) is 13.3 Å². The van der Waals surface area contributed by atoms with Crippen molar-refractivity contribution in [2.45, 2.75) is 63.5 Å². The number of aromatic hydroxyl groups is 1. The van der Waals surface area contributed by atoms with Crippen molar-refractivity contribution in [3.05, 3.63) is 29.5 Å². The minimum Gasteiger partial charge on any atom is -0.508 e. The maximum atomic E-state index is 9.93. The molecule has 2 aromatic rings. The smallest absolute Gasteiger partial charge is 0.134 e. The van der Waals surface area contributed by atoms with Crippen LogP contribution in [0.3, 0.4) is 0 Å². The van der Waals surface area contributed by atoms with Gasteiger partial charge in [0.2, 0.25) is 0 Å². The van der Waals surface area contributed by atoms with Gasteiger partial charge in [0, 0.05) is 35.5 Å². The molecule has 5 atom stereocenters. The van der Waals surface area contributed by atoms with Crippen LogP contribution >= 0.6 is 0 Å². The van der Waals surface area contributed by atoms with Gasteiger partial charge in [-0.2, -0.15) is 0 Å². The highest BCUT2D eigenvalue weighted by atomic mass is 16.3. The number of phenols is 1. The average Bonchev–Trinajstić information content (AvgIpc) is 2.88. The maximum absolute atomic E-state index is 9.93. The summed E-state index contributed by atoms with van der Waals surface area (Å²) in [5.41, 5.74) is 2.34. The fourth-order valence-electron chi connectivity index (χ4n) is 5.56. The summed E-state index contributed by atoms with van der Waals surface area (Å²) >= 11 is 0. The summed E-state index contributed by atoms with van der Waals surface area (Å²) in [6.07, 6.45) is 7.60. The summed E-state index contributed by atoms with van der Waals surface area (Å²) < 4.78 is 6.35. The zero-order valence-corrected chi connectivity index (χ0v) is 13.8. The van der Waals surface area contributed by atoms with Crippen LogP contribution in [0, 0.1) is 5.92 Å². The first-order valence-electron chi connectivity index (χ1n) is 9.24. The third-order valence-electron chi connectivity index (χ3n) is 6.49. The summed E-state index contributed by atoms with van der Waals surface area (Å²) in [5, 5.41) is 11.1. The van der Waals surface area contributed by atoms with E-state index in [1.54, 1.807) is 6.07 Å². The van der Waals surface area contributed by atoms with Gasteiger partial charge in [-0.25, -0.2) is 0 Å². The van der Waals surface area contributed by atoms with Crippen molar-refractivity contribution in [2.24, 2.45) is 5.92 Å². The van der Waals surface area contributed by atoms with Crippen LogP contribution in [-0.2, 0) is 6.42 Å². The maximum Gasteiger partial charge on any atom is 0.134 e. The number of nitrogens with zero attached hydrogens (tertiary/aromatic N) is 1. The van der Waals surface area contributed by atoms with Gasteiger partial charge >= 0.3 is 0 Å². The third-order valence-corrected chi connectivity index (χ3v) is 6.49. The Bertz CT molecular complexity index is 749. The molecule has 3 aliphatic heterocycles. The van der Waals surface area contributed by atoms with E-state index in [9.17, 15) is 5.11 Å². The van der Waals surface area contributed by atoms with Crippen molar-refractivity contribution >= 4 is 11.0 Å². The van der Waals surface area contributed by atoms with E-state index in [4.69, 9.17) is 4.42 Å². The minimum absolute atomic E-state index is 0.349. The van der Waals surface area contributed by atoms with E-state index < -0.39 is 0 Å². The quantitative estimate of drug-likeness (QED) is 0.891. The predicted molar refractivity (Wildman–Crippen MR) is 90.9 cm³/mol. The van der Waals surface area contributed by atoms with Crippen molar-refractivity contribution in [1.82, 2.24) is 4.90 Å². The molecule has 0 spiro atoms. The standard InChI is InChI=1S/C20H25NO2/c1-2-3-13-9-16-15-10-14(22)5-7-19(15)23-20(16)17-8-12-4-6-18(17)21(13)11-12/h5,7,10,12-13,17-18,22H,2-4,6,8-9,11H2,1H3/t12-,13-,17+,18?/m0/s1. The fraction of sp³-hybridized carbons (Fsp3) is 0.600. The van der Waals surface area contributed by atoms with E-state index in [1.165, 1.54) is 50.0 Å². The first-order valence-corrected chi connectivity index (χ1v) is 9.24. The molecule has 1 aromatic carbocycles. The van der Waals surface area contributed by atoms with Crippen LogP contribution in [0.25, 0.3) is 11.0 Å². The van der Waals surface area contributed by atoms with Crippen LogP contribution < -0.4 is 0 Å². The van der Waals surface area contributed by atoms with Gasteiger partial charge in [-0.15, -0.1) is 0 Å². The molecule has 4 heterocycles. The number of hydrogen-bond acceptors (Lipinski definition) is 3. The molecule has 23 heavy (non-hydrogen) atoms. The van der Waals surface area contributed by atoms with Gasteiger partial charge in [0.05, 0.1) is 0 Å². The van der Waals surface area contributed by atoms with E-state index in [1.807, 2.05) is 12.1 Å². The Hall–Kier alpha value is -1.48. The third kappa shape index (κ3) is 1.99. The molecule has 2 saturated heterocycles. The van der Waals surface area contributed by atoms with Crippen molar-refractivity contribution in [3.8, 4) is 5.75 Å². The second kappa shape index (κ2) is 5.01. The SMILES string of the molecule is CCC[C@H]1Cc2c(oc3ccc(O)cc23)[C@@H]2C[C@@H]3CCC2N1C3. The van der Waals surface area contributed by atoms with E-state index in [0.29, 0.717) is 23.8 Å². The summed E-state index contributed by atoms with van der Waals surface area (Å²) in [6, 6.07) is 6.90. The van der Waals surface area contributed by atoms with Crippen molar-refractivity contribution in [2.75, 3.05) is 6.54 Å². The predicted octanol–water partition coefficient (Wildman–Crippen LogP) is 4.43. The van der Waals surface area contributed by atoms with Crippen LogP contribution in [0.4, 0.5) is 0 Å². The molecule has 0 radical (unpaired) electrons. The van der Waals surface area contributed by atoms with Crippen LogP contribution in [0.15, 0.2) is 22.6 Å². The van der Waals surface area contributed by atoms with Gasteiger partial charge in [-0.05, 0) is 56.2 Å². The molecule has 0 amide bonds. The van der Waals surface area contributed by atoms with E-state index in [0.717, 1.165) is 23.3 Å². The Labute approximate surface area is 137 Å². The summed E-state index contributed by atoms with van der Waals surface area (Å²) in [5.74, 6) is 3.00.